The summed E-state index contributed by atoms with van der Waals surface area (Å²) >= 11 is 0. The Bertz CT molecular complexity index is 347. The van der Waals surface area contributed by atoms with Crippen LogP contribution in [0.2, 0.25) is 0 Å². The highest BCUT2D eigenvalue weighted by Crippen LogP contribution is 2.25. The number of hydrogen-bond acceptors (Lipinski definition) is 2. The first-order valence-electron chi connectivity index (χ1n) is 5.92. The van der Waals surface area contributed by atoms with Crippen molar-refractivity contribution in [1.29, 1.82) is 0 Å². The lowest BCUT2D eigenvalue weighted by Gasteiger charge is -2.21. The highest BCUT2D eigenvalue weighted by molar-refractivity contribution is 5.32. The van der Waals surface area contributed by atoms with E-state index in [1.54, 1.807) is 0 Å². The van der Waals surface area contributed by atoms with Gasteiger partial charge < -0.3 is 10.8 Å². The maximum Gasteiger partial charge on any atom is 0.0694 e. The van der Waals surface area contributed by atoms with Crippen molar-refractivity contribution < 1.29 is 5.11 Å². The van der Waals surface area contributed by atoms with Gasteiger partial charge in [-0.05, 0) is 44.2 Å². The maximum absolute atomic E-state index is 9.78. The number of aliphatic hydroxyl groups excluding tert-OH is 1. The summed E-state index contributed by atoms with van der Waals surface area (Å²) in [6.07, 6.45) is 0.303. The van der Waals surface area contributed by atoms with E-state index in [0.717, 1.165) is 6.42 Å². The second-order valence-corrected chi connectivity index (χ2v) is 4.92. The van der Waals surface area contributed by atoms with Crippen molar-refractivity contribution in [3.8, 4) is 0 Å². The Balaban J connectivity index is 2.76. The van der Waals surface area contributed by atoms with E-state index < -0.39 is 6.10 Å². The molecule has 0 radical (unpaired) electrons. The zero-order chi connectivity index (χ0) is 12.3. The van der Waals surface area contributed by atoms with Crippen LogP contribution in [0.25, 0.3) is 0 Å². The number of benzene rings is 1. The third-order valence-corrected chi connectivity index (χ3v) is 3.16. The van der Waals surface area contributed by atoms with E-state index in [1.165, 1.54) is 16.7 Å². The van der Waals surface area contributed by atoms with Gasteiger partial charge in [-0.2, -0.15) is 0 Å². The molecule has 0 saturated carbocycles. The van der Waals surface area contributed by atoms with E-state index in [1.807, 2.05) is 6.92 Å². The molecule has 0 bridgehead atoms. The molecular weight excluding hydrogens is 198 g/mol. The number of rotatable bonds is 4. The first-order chi connectivity index (χ1) is 7.41. The van der Waals surface area contributed by atoms with Crippen LogP contribution in [0.3, 0.4) is 0 Å². The summed E-state index contributed by atoms with van der Waals surface area (Å²) < 4.78 is 0. The molecule has 0 saturated heterocycles. The Morgan fingerprint density at radius 1 is 1.25 bits per heavy atom. The quantitative estimate of drug-likeness (QED) is 0.820. The van der Waals surface area contributed by atoms with Crippen LogP contribution in [0.1, 0.15) is 42.9 Å². The number of hydrogen-bond donors (Lipinski definition) is 2. The van der Waals surface area contributed by atoms with Gasteiger partial charge in [0.1, 0.15) is 0 Å². The summed E-state index contributed by atoms with van der Waals surface area (Å²) in [6.45, 7) is 8.21. The van der Waals surface area contributed by atoms with Crippen LogP contribution in [-0.2, 0) is 0 Å². The first-order valence-corrected chi connectivity index (χ1v) is 5.92. The summed E-state index contributed by atoms with van der Waals surface area (Å²) in [5, 5.41) is 9.78. The second kappa shape index (κ2) is 5.46. The van der Waals surface area contributed by atoms with Gasteiger partial charge in [-0.3, -0.25) is 0 Å². The zero-order valence-corrected chi connectivity index (χ0v) is 10.7. The number of aryl methyl sites for hydroxylation is 2. The lowest BCUT2D eigenvalue weighted by atomic mass is 9.89. The van der Waals surface area contributed by atoms with Gasteiger partial charge in [0.15, 0.2) is 0 Å². The van der Waals surface area contributed by atoms with Gasteiger partial charge in [-0.25, -0.2) is 0 Å². The molecule has 3 atom stereocenters. The molecule has 0 heterocycles. The lowest BCUT2D eigenvalue weighted by Crippen LogP contribution is -2.32. The fourth-order valence-electron chi connectivity index (χ4n) is 2.08. The van der Waals surface area contributed by atoms with Crippen molar-refractivity contribution in [3.63, 3.8) is 0 Å². The molecule has 0 aliphatic heterocycles. The van der Waals surface area contributed by atoms with Crippen molar-refractivity contribution in [1.82, 2.24) is 0 Å². The van der Waals surface area contributed by atoms with Crippen LogP contribution in [0.4, 0.5) is 0 Å². The fraction of sp³-hybridized carbons (Fsp3) is 0.571. The van der Waals surface area contributed by atoms with Crippen LogP contribution in [0, 0.1) is 13.8 Å². The van der Waals surface area contributed by atoms with Gasteiger partial charge in [0.25, 0.3) is 0 Å². The molecular formula is C14H23NO. The average Bonchev–Trinajstić information content (AvgIpc) is 2.16. The molecule has 0 aliphatic carbocycles. The van der Waals surface area contributed by atoms with Gasteiger partial charge in [-0.15, -0.1) is 0 Å². The van der Waals surface area contributed by atoms with Crippen molar-refractivity contribution in [2.45, 2.75) is 52.2 Å². The topological polar surface area (TPSA) is 46.2 Å². The Morgan fingerprint density at radius 3 is 2.38 bits per heavy atom. The Morgan fingerprint density at radius 2 is 1.88 bits per heavy atom. The SMILES string of the molecule is Cc1ccc(C(C)CC(O)C(C)N)c(C)c1. The number of nitrogens with two attached hydrogens (primary N) is 1. The Kier molecular flexibility index (Phi) is 4.51. The van der Waals surface area contributed by atoms with Crippen molar-refractivity contribution >= 4 is 0 Å². The fourth-order valence-corrected chi connectivity index (χ4v) is 2.08. The maximum atomic E-state index is 9.78. The third kappa shape index (κ3) is 3.32. The summed E-state index contributed by atoms with van der Waals surface area (Å²) in [5.41, 5.74) is 9.56. The molecule has 0 aliphatic rings. The Hall–Kier alpha value is -0.860. The average molecular weight is 221 g/mol. The molecule has 3 unspecified atom stereocenters. The molecule has 90 valence electrons. The van der Waals surface area contributed by atoms with E-state index in [2.05, 4.69) is 39.0 Å². The van der Waals surface area contributed by atoms with Crippen LogP contribution in [0.15, 0.2) is 18.2 Å². The summed E-state index contributed by atoms with van der Waals surface area (Å²) in [4.78, 5) is 0. The molecule has 0 amide bonds. The minimum Gasteiger partial charge on any atom is -0.392 e. The van der Waals surface area contributed by atoms with Gasteiger partial charge in [0, 0.05) is 6.04 Å². The molecule has 1 rings (SSSR count). The van der Waals surface area contributed by atoms with Crippen molar-refractivity contribution in [2.24, 2.45) is 5.73 Å². The van der Waals surface area contributed by atoms with Crippen LogP contribution in [-0.4, -0.2) is 17.3 Å². The second-order valence-electron chi connectivity index (χ2n) is 4.92. The molecule has 0 spiro atoms. The zero-order valence-electron chi connectivity index (χ0n) is 10.7. The van der Waals surface area contributed by atoms with Gasteiger partial charge >= 0.3 is 0 Å². The van der Waals surface area contributed by atoms with Crippen LogP contribution in [0.5, 0.6) is 0 Å². The largest absolute Gasteiger partial charge is 0.392 e. The van der Waals surface area contributed by atoms with Crippen molar-refractivity contribution in [2.75, 3.05) is 0 Å². The van der Waals surface area contributed by atoms with Crippen LogP contribution >= 0.6 is 0 Å². The monoisotopic (exact) mass is 221 g/mol. The van der Waals surface area contributed by atoms with E-state index in [4.69, 9.17) is 5.73 Å². The highest BCUT2D eigenvalue weighted by Gasteiger charge is 2.16. The van der Waals surface area contributed by atoms with Gasteiger partial charge in [0.2, 0.25) is 0 Å². The molecule has 3 N–H and O–H groups in total. The minimum atomic E-state index is -0.421. The van der Waals surface area contributed by atoms with Crippen LogP contribution < -0.4 is 5.73 Å². The number of aliphatic hydroxyl groups is 1. The minimum absolute atomic E-state index is 0.159. The molecule has 1 aromatic rings. The molecule has 2 nitrogen and oxygen atoms in total. The standard InChI is InChI=1S/C14H23NO/c1-9-5-6-13(10(2)7-9)11(3)8-14(16)12(4)15/h5-7,11-12,14,16H,8,15H2,1-4H3. The predicted octanol–water partition coefficient (Wildman–Crippen LogP) is 2.51. The molecule has 0 aromatic heterocycles. The summed E-state index contributed by atoms with van der Waals surface area (Å²) in [7, 11) is 0. The molecule has 2 heteroatoms. The molecule has 16 heavy (non-hydrogen) atoms. The van der Waals surface area contributed by atoms with E-state index in [-0.39, 0.29) is 6.04 Å². The summed E-state index contributed by atoms with van der Waals surface area (Å²) in [6, 6.07) is 6.30. The van der Waals surface area contributed by atoms with Gasteiger partial charge in [-0.1, -0.05) is 30.7 Å². The normalized spacial score (nSPS) is 16.9. The van der Waals surface area contributed by atoms with E-state index in [0.29, 0.717) is 5.92 Å². The predicted molar refractivity (Wildman–Crippen MR) is 68.6 cm³/mol. The smallest absolute Gasteiger partial charge is 0.0694 e. The molecule has 0 fully saturated rings. The first kappa shape index (κ1) is 13.2. The van der Waals surface area contributed by atoms with Gasteiger partial charge in [0.05, 0.1) is 6.10 Å². The van der Waals surface area contributed by atoms with E-state index in [9.17, 15) is 5.11 Å². The lowest BCUT2D eigenvalue weighted by molar-refractivity contribution is 0.134. The highest BCUT2D eigenvalue weighted by atomic mass is 16.3. The Labute approximate surface area is 98.5 Å². The third-order valence-electron chi connectivity index (χ3n) is 3.16. The van der Waals surface area contributed by atoms with E-state index >= 15 is 0 Å². The molecule has 1 aromatic carbocycles. The summed E-state index contributed by atoms with van der Waals surface area (Å²) in [5.74, 6) is 0.349. The van der Waals surface area contributed by atoms with Crippen molar-refractivity contribution in [3.05, 3.63) is 34.9 Å².